The van der Waals surface area contributed by atoms with Crippen molar-refractivity contribution in [2.75, 3.05) is 13.3 Å². The fraction of sp³-hybridized carbons (Fsp3) is 0.286. The van der Waals surface area contributed by atoms with Gasteiger partial charge in [-0.05, 0) is 49.6 Å². The third kappa shape index (κ3) is 5.30. The third-order valence-electron chi connectivity index (χ3n) is 6.65. The number of phenols is 1. The SMILES string of the molecule is CNC(=O)[C@H](CC(C)C)NC(=O)c1cc(C)ccc1P(=O)(O)CN1C(=O)c2cccc3c(O)ccc(c23)C1=O. The van der Waals surface area contributed by atoms with Crippen molar-refractivity contribution >= 4 is 47.1 Å². The van der Waals surface area contributed by atoms with Crippen LogP contribution in [0.25, 0.3) is 10.8 Å². The van der Waals surface area contributed by atoms with E-state index in [1.54, 1.807) is 25.1 Å². The number of nitrogens with zero attached hydrogens (tertiary/aromatic N) is 1. The molecule has 11 heteroatoms. The largest absolute Gasteiger partial charge is 0.507 e. The zero-order chi connectivity index (χ0) is 28.6. The lowest BCUT2D eigenvalue weighted by molar-refractivity contribution is -0.122. The Balaban J connectivity index is 1.70. The summed E-state index contributed by atoms with van der Waals surface area (Å²) in [6, 6.07) is 10.7. The van der Waals surface area contributed by atoms with Crippen LogP contribution in [0.5, 0.6) is 5.75 Å². The van der Waals surface area contributed by atoms with Crippen LogP contribution in [0.4, 0.5) is 0 Å². The number of amides is 4. The van der Waals surface area contributed by atoms with Crippen molar-refractivity contribution in [3.05, 3.63) is 70.8 Å². The maximum absolute atomic E-state index is 13.8. The van der Waals surface area contributed by atoms with Crippen LogP contribution in [-0.4, -0.2) is 57.9 Å². The summed E-state index contributed by atoms with van der Waals surface area (Å²) in [6.45, 7) is 5.50. The number of phenolic OH excluding ortho intramolecular Hbond substituents is 1. The Morgan fingerprint density at radius 1 is 1.03 bits per heavy atom. The zero-order valence-electron chi connectivity index (χ0n) is 22.0. The predicted octanol–water partition coefficient (Wildman–Crippen LogP) is 2.89. The highest BCUT2D eigenvalue weighted by Crippen LogP contribution is 2.44. The molecule has 3 aromatic rings. The van der Waals surface area contributed by atoms with Crippen LogP contribution in [0.3, 0.4) is 0 Å². The van der Waals surface area contributed by atoms with Gasteiger partial charge in [-0.1, -0.05) is 37.6 Å². The Morgan fingerprint density at radius 3 is 2.33 bits per heavy atom. The molecule has 204 valence electrons. The monoisotopic (exact) mass is 551 g/mol. The number of benzene rings is 3. The first kappa shape index (κ1) is 28.0. The average Bonchev–Trinajstić information content (AvgIpc) is 2.89. The van der Waals surface area contributed by atoms with E-state index in [0.29, 0.717) is 22.3 Å². The minimum Gasteiger partial charge on any atom is -0.507 e. The molecular formula is C28H30N3O7P. The lowest BCUT2D eigenvalue weighted by Crippen LogP contribution is -2.47. The lowest BCUT2D eigenvalue weighted by Gasteiger charge is -2.29. The first-order valence-electron chi connectivity index (χ1n) is 12.4. The Hall–Kier alpha value is -4.01. The first-order valence-corrected chi connectivity index (χ1v) is 14.3. The van der Waals surface area contributed by atoms with Gasteiger partial charge in [-0.15, -0.1) is 0 Å². The van der Waals surface area contributed by atoms with E-state index < -0.39 is 43.3 Å². The molecule has 0 aliphatic carbocycles. The third-order valence-corrected chi connectivity index (χ3v) is 8.46. The van der Waals surface area contributed by atoms with Crippen molar-refractivity contribution in [1.82, 2.24) is 15.5 Å². The standard InChI is InChI=1S/C28H30N3O7P/c1-15(2)12-21(26(34)29-4)30-25(33)20-13-16(3)8-11-23(20)39(37,38)14-31-27(35)18-7-5-6-17-22(32)10-9-19(24(17)18)28(31)36/h5-11,13,15,21,32H,12,14H2,1-4H3,(H,29,34)(H,30,33)(H,37,38)/t21-/m0/s1. The number of hydrogen-bond donors (Lipinski definition) is 4. The van der Waals surface area contributed by atoms with Crippen molar-refractivity contribution in [3.63, 3.8) is 0 Å². The summed E-state index contributed by atoms with van der Waals surface area (Å²) >= 11 is 0. The summed E-state index contributed by atoms with van der Waals surface area (Å²) in [4.78, 5) is 64.3. The fourth-order valence-electron chi connectivity index (χ4n) is 4.78. The molecule has 10 nitrogen and oxygen atoms in total. The summed E-state index contributed by atoms with van der Waals surface area (Å²) in [6.07, 6.45) is -0.518. The predicted molar refractivity (Wildman–Crippen MR) is 146 cm³/mol. The van der Waals surface area contributed by atoms with E-state index in [1.807, 2.05) is 13.8 Å². The van der Waals surface area contributed by atoms with Crippen LogP contribution in [0.2, 0.25) is 0 Å². The van der Waals surface area contributed by atoms with Gasteiger partial charge in [-0.2, -0.15) is 0 Å². The van der Waals surface area contributed by atoms with Crippen LogP contribution in [0.1, 0.15) is 56.9 Å². The number of carbonyl (C=O) groups excluding carboxylic acids is 4. The van der Waals surface area contributed by atoms with Gasteiger partial charge in [-0.25, -0.2) is 0 Å². The van der Waals surface area contributed by atoms with Gasteiger partial charge in [0.2, 0.25) is 13.3 Å². The fourth-order valence-corrected chi connectivity index (χ4v) is 6.42. The van der Waals surface area contributed by atoms with Crippen LogP contribution in [0.15, 0.2) is 48.5 Å². The second-order valence-corrected chi connectivity index (χ2v) is 12.2. The molecule has 4 N–H and O–H groups in total. The normalized spacial score (nSPS) is 15.3. The summed E-state index contributed by atoms with van der Waals surface area (Å²) in [5, 5.41) is 15.7. The minimum atomic E-state index is -4.53. The van der Waals surface area contributed by atoms with Gasteiger partial charge in [0, 0.05) is 28.9 Å². The molecule has 4 amide bonds. The van der Waals surface area contributed by atoms with Crippen molar-refractivity contribution in [1.29, 1.82) is 0 Å². The quantitative estimate of drug-likeness (QED) is 0.248. The Bertz CT molecular complexity index is 1540. The second kappa shape index (κ2) is 10.6. The maximum Gasteiger partial charge on any atom is 0.261 e. The number of aromatic hydroxyl groups is 1. The van der Waals surface area contributed by atoms with Gasteiger partial charge in [0.15, 0.2) is 0 Å². The van der Waals surface area contributed by atoms with E-state index in [0.717, 1.165) is 0 Å². The molecule has 1 heterocycles. The summed E-state index contributed by atoms with van der Waals surface area (Å²) < 4.78 is 13.8. The summed E-state index contributed by atoms with van der Waals surface area (Å²) in [5.41, 5.74) is 0.738. The van der Waals surface area contributed by atoms with Crippen LogP contribution < -0.4 is 15.9 Å². The number of nitrogens with one attached hydrogen (secondary N) is 2. The topological polar surface area (TPSA) is 153 Å². The molecule has 0 aromatic heterocycles. The highest BCUT2D eigenvalue weighted by molar-refractivity contribution is 7.66. The van der Waals surface area contributed by atoms with Crippen molar-refractivity contribution < 1.29 is 33.7 Å². The maximum atomic E-state index is 13.8. The average molecular weight is 552 g/mol. The smallest absolute Gasteiger partial charge is 0.261 e. The molecule has 1 aliphatic rings. The zero-order valence-corrected chi connectivity index (χ0v) is 22.9. The Morgan fingerprint density at radius 2 is 1.69 bits per heavy atom. The molecular weight excluding hydrogens is 521 g/mol. The molecule has 0 saturated heterocycles. The minimum absolute atomic E-state index is 0.0823. The lowest BCUT2D eigenvalue weighted by atomic mass is 9.94. The second-order valence-electron chi connectivity index (χ2n) is 10.0. The van der Waals surface area contributed by atoms with E-state index in [9.17, 15) is 33.7 Å². The number of likely N-dealkylation sites (N-methyl/N-ethyl adjacent to an activating group) is 1. The van der Waals surface area contributed by atoms with E-state index >= 15 is 0 Å². The molecule has 0 spiro atoms. The molecule has 0 saturated carbocycles. The highest BCUT2D eigenvalue weighted by Gasteiger charge is 2.39. The van der Waals surface area contributed by atoms with Gasteiger partial charge in [0.1, 0.15) is 18.1 Å². The first-order chi connectivity index (χ1) is 18.4. The van der Waals surface area contributed by atoms with Crippen molar-refractivity contribution in [2.45, 2.75) is 33.2 Å². The molecule has 0 bridgehead atoms. The van der Waals surface area contributed by atoms with E-state index in [1.165, 1.54) is 37.4 Å². The van der Waals surface area contributed by atoms with Crippen LogP contribution >= 0.6 is 7.37 Å². The number of hydrogen-bond acceptors (Lipinski definition) is 6. The van der Waals surface area contributed by atoms with E-state index in [2.05, 4.69) is 10.6 Å². The van der Waals surface area contributed by atoms with Gasteiger partial charge in [-0.3, -0.25) is 28.6 Å². The van der Waals surface area contributed by atoms with E-state index in [-0.39, 0.29) is 39.0 Å². The van der Waals surface area contributed by atoms with Crippen molar-refractivity contribution in [2.24, 2.45) is 5.92 Å². The van der Waals surface area contributed by atoms with Crippen LogP contribution in [-0.2, 0) is 9.36 Å². The van der Waals surface area contributed by atoms with Gasteiger partial charge in [0.25, 0.3) is 17.7 Å². The molecule has 0 fully saturated rings. The molecule has 3 aromatic carbocycles. The molecule has 1 unspecified atom stereocenters. The van der Waals surface area contributed by atoms with Crippen LogP contribution in [0, 0.1) is 12.8 Å². The number of imide groups is 1. The molecule has 4 rings (SSSR count). The Labute approximate surface area is 225 Å². The number of carbonyl (C=O) groups is 4. The molecule has 39 heavy (non-hydrogen) atoms. The Kier molecular flexibility index (Phi) is 7.63. The molecule has 1 aliphatic heterocycles. The summed E-state index contributed by atoms with van der Waals surface area (Å²) in [7, 11) is -3.07. The highest BCUT2D eigenvalue weighted by atomic mass is 31.2. The molecule has 0 radical (unpaired) electrons. The van der Waals surface area contributed by atoms with E-state index in [4.69, 9.17) is 0 Å². The van der Waals surface area contributed by atoms with Crippen molar-refractivity contribution in [3.8, 4) is 5.75 Å². The van der Waals surface area contributed by atoms with Gasteiger partial charge >= 0.3 is 0 Å². The number of rotatable bonds is 8. The molecule has 2 atom stereocenters. The number of aryl methyl sites for hydroxylation is 1. The van der Waals surface area contributed by atoms with Gasteiger partial charge < -0.3 is 20.6 Å². The van der Waals surface area contributed by atoms with Gasteiger partial charge in [0.05, 0.1) is 10.9 Å². The summed E-state index contributed by atoms with van der Waals surface area (Å²) in [5.74, 6) is -2.71.